The summed E-state index contributed by atoms with van der Waals surface area (Å²) in [5.41, 5.74) is 2.77. The third-order valence-electron chi connectivity index (χ3n) is 3.13. The standard InChI is InChI=1S/C17H17BrN2O5/c1-23-12-5-6-16(14(18)7-12)25-10-17(22)20-19-9-11-3-4-13(24-2)8-15(11)21/h3-9,21H,10H2,1-2H3,(H,20,22). The Morgan fingerprint density at radius 2 is 1.88 bits per heavy atom. The van der Waals surface area contributed by atoms with Crippen LogP contribution in [0.2, 0.25) is 0 Å². The van der Waals surface area contributed by atoms with Crippen LogP contribution in [0.15, 0.2) is 46.0 Å². The summed E-state index contributed by atoms with van der Waals surface area (Å²) in [6.45, 7) is -0.211. The summed E-state index contributed by atoms with van der Waals surface area (Å²) in [7, 11) is 3.07. The summed E-state index contributed by atoms with van der Waals surface area (Å²) in [6, 6.07) is 9.89. The van der Waals surface area contributed by atoms with E-state index in [4.69, 9.17) is 14.2 Å². The average molecular weight is 409 g/mol. The number of nitrogens with one attached hydrogen (secondary N) is 1. The zero-order valence-corrected chi connectivity index (χ0v) is 15.2. The fourth-order valence-electron chi connectivity index (χ4n) is 1.83. The van der Waals surface area contributed by atoms with Crippen molar-refractivity contribution in [1.29, 1.82) is 0 Å². The molecule has 2 aromatic rings. The van der Waals surface area contributed by atoms with Crippen LogP contribution >= 0.6 is 15.9 Å². The van der Waals surface area contributed by atoms with E-state index in [-0.39, 0.29) is 12.4 Å². The number of amides is 1. The van der Waals surface area contributed by atoms with Crippen molar-refractivity contribution in [3.05, 3.63) is 46.4 Å². The molecule has 2 aromatic carbocycles. The number of hydrogen-bond donors (Lipinski definition) is 2. The highest BCUT2D eigenvalue weighted by Crippen LogP contribution is 2.29. The van der Waals surface area contributed by atoms with E-state index < -0.39 is 5.91 Å². The van der Waals surface area contributed by atoms with Crippen molar-refractivity contribution in [2.75, 3.05) is 20.8 Å². The fraction of sp³-hybridized carbons (Fsp3) is 0.176. The molecule has 0 heterocycles. The normalized spacial score (nSPS) is 10.5. The maximum atomic E-state index is 11.8. The predicted octanol–water partition coefficient (Wildman–Crippen LogP) is 2.70. The maximum absolute atomic E-state index is 11.8. The SMILES string of the molecule is COc1ccc(C=NNC(=O)COc2ccc(OC)cc2Br)c(O)c1. The Morgan fingerprint density at radius 1 is 1.20 bits per heavy atom. The van der Waals surface area contributed by atoms with Crippen molar-refractivity contribution in [3.8, 4) is 23.0 Å². The first-order chi connectivity index (χ1) is 12.0. The largest absolute Gasteiger partial charge is 0.507 e. The minimum atomic E-state index is -0.438. The second kappa shape index (κ2) is 8.93. The van der Waals surface area contributed by atoms with Crippen LogP contribution in [0.4, 0.5) is 0 Å². The summed E-state index contributed by atoms with van der Waals surface area (Å²) < 4.78 is 16.1. The molecule has 0 spiro atoms. The monoisotopic (exact) mass is 408 g/mol. The number of phenols is 1. The topological polar surface area (TPSA) is 89.4 Å². The first-order valence-corrected chi connectivity index (χ1v) is 7.98. The van der Waals surface area contributed by atoms with E-state index in [0.717, 1.165) is 0 Å². The molecule has 7 nitrogen and oxygen atoms in total. The first kappa shape index (κ1) is 18.6. The van der Waals surface area contributed by atoms with Crippen LogP contribution < -0.4 is 19.6 Å². The van der Waals surface area contributed by atoms with Crippen LogP contribution in [-0.2, 0) is 4.79 Å². The van der Waals surface area contributed by atoms with E-state index in [1.54, 1.807) is 37.4 Å². The number of hydrogen-bond acceptors (Lipinski definition) is 6. The van der Waals surface area contributed by atoms with Crippen molar-refractivity contribution in [2.45, 2.75) is 0 Å². The van der Waals surface area contributed by atoms with Gasteiger partial charge in [-0.1, -0.05) is 0 Å². The van der Waals surface area contributed by atoms with Gasteiger partial charge in [0.25, 0.3) is 5.91 Å². The summed E-state index contributed by atoms with van der Waals surface area (Å²) >= 11 is 3.34. The number of aromatic hydroxyl groups is 1. The molecule has 0 saturated heterocycles. The molecule has 0 radical (unpaired) electrons. The number of phenolic OH excluding ortho intramolecular Hbond substituents is 1. The van der Waals surface area contributed by atoms with Crippen molar-refractivity contribution in [2.24, 2.45) is 5.10 Å². The molecular formula is C17H17BrN2O5. The molecular weight excluding hydrogens is 392 g/mol. The van der Waals surface area contributed by atoms with Gasteiger partial charge in [0, 0.05) is 11.6 Å². The van der Waals surface area contributed by atoms with Gasteiger partial charge in [-0.2, -0.15) is 5.10 Å². The van der Waals surface area contributed by atoms with Crippen molar-refractivity contribution in [3.63, 3.8) is 0 Å². The van der Waals surface area contributed by atoms with E-state index in [0.29, 0.717) is 27.3 Å². The Morgan fingerprint density at radius 3 is 2.52 bits per heavy atom. The van der Waals surface area contributed by atoms with E-state index in [9.17, 15) is 9.90 Å². The van der Waals surface area contributed by atoms with Crippen molar-refractivity contribution >= 4 is 28.1 Å². The fourth-order valence-corrected chi connectivity index (χ4v) is 2.31. The number of carbonyl (C=O) groups excluding carboxylic acids is 1. The molecule has 8 heteroatoms. The van der Waals surface area contributed by atoms with E-state index >= 15 is 0 Å². The number of ether oxygens (including phenoxy) is 3. The summed E-state index contributed by atoms with van der Waals surface area (Å²) in [5, 5.41) is 13.6. The molecule has 132 valence electrons. The second-order valence-electron chi connectivity index (χ2n) is 4.80. The van der Waals surface area contributed by atoms with Crippen LogP contribution in [0.3, 0.4) is 0 Å². The lowest BCUT2D eigenvalue weighted by Crippen LogP contribution is -2.24. The number of nitrogens with zero attached hydrogens (tertiary/aromatic N) is 1. The van der Waals surface area contributed by atoms with Crippen LogP contribution in [0.1, 0.15) is 5.56 Å². The molecule has 0 fully saturated rings. The van der Waals surface area contributed by atoms with Crippen molar-refractivity contribution in [1.82, 2.24) is 5.43 Å². The molecule has 0 aliphatic carbocycles. The number of rotatable bonds is 7. The Bertz CT molecular complexity index is 780. The van der Waals surface area contributed by atoms with Gasteiger partial charge in [-0.3, -0.25) is 4.79 Å². The predicted molar refractivity (Wildman–Crippen MR) is 96.6 cm³/mol. The minimum absolute atomic E-state index is 0.00392. The second-order valence-corrected chi connectivity index (χ2v) is 5.66. The number of carbonyl (C=O) groups is 1. The van der Waals surface area contributed by atoms with Crippen LogP contribution in [0.25, 0.3) is 0 Å². The lowest BCUT2D eigenvalue weighted by Gasteiger charge is -2.08. The number of benzene rings is 2. The number of hydrazone groups is 1. The molecule has 2 rings (SSSR count). The number of methoxy groups -OCH3 is 2. The van der Waals surface area contributed by atoms with Gasteiger partial charge in [0.2, 0.25) is 0 Å². The van der Waals surface area contributed by atoms with Gasteiger partial charge >= 0.3 is 0 Å². The van der Waals surface area contributed by atoms with Gasteiger partial charge in [-0.05, 0) is 46.3 Å². The molecule has 0 atom stereocenters. The Balaban J connectivity index is 1.86. The molecule has 0 bridgehead atoms. The maximum Gasteiger partial charge on any atom is 0.277 e. The van der Waals surface area contributed by atoms with Crippen LogP contribution in [0.5, 0.6) is 23.0 Å². The van der Waals surface area contributed by atoms with Gasteiger partial charge in [0.15, 0.2) is 6.61 Å². The van der Waals surface area contributed by atoms with Gasteiger partial charge in [0.05, 0.1) is 24.9 Å². The van der Waals surface area contributed by atoms with Crippen LogP contribution in [-0.4, -0.2) is 38.1 Å². The molecule has 0 unspecified atom stereocenters. The molecule has 0 aromatic heterocycles. The third-order valence-corrected chi connectivity index (χ3v) is 3.75. The molecule has 0 aliphatic heterocycles. The summed E-state index contributed by atoms with van der Waals surface area (Å²) in [6.07, 6.45) is 1.33. The van der Waals surface area contributed by atoms with Gasteiger partial charge in [0.1, 0.15) is 23.0 Å². The van der Waals surface area contributed by atoms with E-state index in [2.05, 4.69) is 26.5 Å². The average Bonchev–Trinajstić information content (AvgIpc) is 2.61. The Labute approximate surface area is 153 Å². The number of halogens is 1. The minimum Gasteiger partial charge on any atom is -0.507 e. The molecule has 2 N–H and O–H groups in total. The lowest BCUT2D eigenvalue weighted by molar-refractivity contribution is -0.123. The Kier molecular flexibility index (Phi) is 6.64. The van der Waals surface area contributed by atoms with Crippen LogP contribution in [0, 0.1) is 0 Å². The van der Waals surface area contributed by atoms with Gasteiger partial charge in [-0.25, -0.2) is 5.43 Å². The molecule has 0 saturated carbocycles. The van der Waals surface area contributed by atoms with E-state index in [1.165, 1.54) is 19.4 Å². The van der Waals surface area contributed by atoms with Gasteiger partial charge < -0.3 is 19.3 Å². The smallest absolute Gasteiger partial charge is 0.277 e. The Hall–Kier alpha value is -2.74. The third kappa shape index (κ3) is 5.39. The van der Waals surface area contributed by atoms with E-state index in [1.807, 2.05) is 0 Å². The van der Waals surface area contributed by atoms with Crippen molar-refractivity contribution < 1.29 is 24.1 Å². The quantitative estimate of drug-likeness (QED) is 0.542. The summed E-state index contributed by atoms with van der Waals surface area (Å²) in [5.74, 6) is 1.26. The highest BCUT2D eigenvalue weighted by molar-refractivity contribution is 9.10. The lowest BCUT2D eigenvalue weighted by atomic mass is 10.2. The van der Waals surface area contributed by atoms with Gasteiger partial charge in [-0.15, -0.1) is 0 Å². The molecule has 1 amide bonds. The highest BCUT2D eigenvalue weighted by Gasteiger charge is 2.06. The molecule has 25 heavy (non-hydrogen) atoms. The zero-order valence-electron chi connectivity index (χ0n) is 13.7. The molecule has 0 aliphatic rings. The first-order valence-electron chi connectivity index (χ1n) is 7.18. The zero-order chi connectivity index (χ0) is 18.2. The highest BCUT2D eigenvalue weighted by atomic mass is 79.9. The summed E-state index contributed by atoms with van der Waals surface area (Å²) in [4.78, 5) is 11.8.